The van der Waals surface area contributed by atoms with Gasteiger partial charge in [-0.3, -0.25) is 4.79 Å². The lowest BCUT2D eigenvalue weighted by Crippen LogP contribution is -2.37. The van der Waals surface area contributed by atoms with Crippen LogP contribution in [0.4, 0.5) is 0 Å². The maximum absolute atomic E-state index is 11.8. The van der Waals surface area contributed by atoms with Gasteiger partial charge in [-0.05, 0) is 37.5 Å². The van der Waals surface area contributed by atoms with Gasteiger partial charge in [-0.1, -0.05) is 41.4 Å². The fraction of sp³-hybridized carbons (Fsp3) is 0.500. The molecule has 0 spiro atoms. The third-order valence-electron chi connectivity index (χ3n) is 2.59. The van der Waals surface area contributed by atoms with E-state index in [1.165, 1.54) is 0 Å². The molecule has 106 valence electrons. The summed E-state index contributed by atoms with van der Waals surface area (Å²) in [4.78, 5) is 11.8. The molecule has 1 N–H and O–H groups in total. The summed E-state index contributed by atoms with van der Waals surface area (Å²) in [6.45, 7) is 6.61. The molecular formula is C14H19BrClNO2. The van der Waals surface area contributed by atoms with E-state index in [1.54, 1.807) is 19.1 Å². The van der Waals surface area contributed by atoms with E-state index < -0.39 is 6.10 Å². The summed E-state index contributed by atoms with van der Waals surface area (Å²) in [6, 6.07) is 5.30. The van der Waals surface area contributed by atoms with Gasteiger partial charge in [0.2, 0.25) is 0 Å². The predicted octanol–water partition coefficient (Wildman–Crippen LogP) is 4.03. The number of carbonyl (C=O) groups is 1. The molecule has 0 saturated carbocycles. The van der Waals surface area contributed by atoms with Crippen molar-refractivity contribution in [1.82, 2.24) is 5.32 Å². The van der Waals surface area contributed by atoms with E-state index in [4.69, 9.17) is 16.3 Å². The van der Waals surface area contributed by atoms with Crippen LogP contribution in [0.15, 0.2) is 22.7 Å². The first-order valence-electron chi connectivity index (χ1n) is 6.29. The fourth-order valence-electron chi connectivity index (χ4n) is 1.44. The molecule has 0 aliphatic heterocycles. The van der Waals surface area contributed by atoms with Crippen LogP contribution in [0.3, 0.4) is 0 Å². The van der Waals surface area contributed by atoms with Gasteiger partial charge >= 0.3 is 0 Å². The summed E-state index contributed by atoms with van der Waals surface area (Å²) in [5.41, 5.74) is 0. The molecule has 0 bridgehead atoms. The van der Waals surface area contributed by atoms with E-state index in [0.717, 1.165) is 10.9 Å². The Morgan fingerprint density at radius 2 is 2.11 bits per heavy atom. The van der Waals surface area contributed by atoms with Gasteiger partial charge < -0.3 is 10.1 Å². The number of rotatable bonds is 6. The Balaban J connectivity index is 2.51. The Morgan fingerprint density at radius 3 is 2.74 bits per heavy atom. The average molecular weight is 349 g/mol. The van der Waals surface area contributed by atoms with Gasteiger partial charge in [-0.15, -0.1) is 0 Å². The lowest BCUT2D eigenvalue weighted by atomic mass is 10.1. The molecule has 5 heteroatoms. The molecule has 0 aromatic heterocycles. The zero-order valence-electron chi connectivity index (χ0n) is 11.4. The first-order chi connectivity index (χ1) is 8.90. The third-order valence-corrected chi connectivity index (χ3v) is 3.39. The maximum atomic E-state index is 11.8. The minimum atomic E-state index is -0.570. The van der Waals surface area contributed by atoms with Crippen LogP contribution in [-0.2, 0) is 4.79 Å². The van der Waals surface area contributed by atoms with Crippen molar-refractivity contribution < 1.29 is 9.53 Å². The van der Waals surface area contributed by atoms with E-state index in [9.17, 15) is 4.79 Å². The summed E-state index contributed by atoms with van der Waals surface area (Å²) in [5, 5.41) is 3.34. The van der Waals surface area contributed by atoms with Gasteiger partial charge in [-0.2, -0.15) is 0 Å². The number of benzene rings is 1. The van der Waals surface area contributed by atoms with Crippen LogP contribution in [0, 0.1) is 5.92 Å². The second kappa shape index (κ2) is 7.75. The van der Waals surface area contributed by atoms with E-state index in [-0.39, 0.29) is 5.91 Å². The van der Waals surface area contributed by atoms with Gasteiger partial charge in [-0.25, -0.2) is 0 Å². The molecule has 0 aliphatic carbocycles. The van der Waals surface area contributed by atoms with E-state index in [0.29, 0.717) is 23.2 Å². The van der Waals surface area contributed by atoms with Crippen molar-refractivity contribution in [2.45, 2.75) is 33.3 Å². The number of carbonyl (C=O) groups excluding carboxylic acids is 1. The average Bonchev–Trinajstić information content (AvgIpc) is 2.33. The number of ether oxygens (including phenoxy) is 1. The van der Waals surface area contributed by atoms with Gasteiger partial charge in [0.25, 0.3) is 5.91 Å². The zero-order chi connectivity index (χ0) is 14.4. The molecule has 0 fully saturated rings. The molecule has 0 aliphatic rings. The van der Waals surface area contributed by atoms with Gasteiger partial charge in [0.05, 0.1) is 5.02 Å². The Morgan fingerprint density at radius 1 is 1.42 bits per heavy atom. The second-order valence-corrected chi connectivity index (χ2v) is 6.13. The Bertz CT molecular complexity index is 437. The maximum Gasteiger partial charge on any atom is 0.260 e. The Kier molecular flexibility index (Phi) is 6.66. The van der Waals surface area contributed by atoms with Crippen LogP contribution in [-0.4, -0.2) is 18.6 Å². The van der Waals surface area contributed by atoms with Gasteiger partial charge in [0, 0.05) is 11.0 Å². The second-order valence-electron chi connectivity index (χ2n) is 4.81. The lowest BCUT2D eigenvalue weighted by molar-refractivity contribution is -0.127. The number of nitrogens with one attached hydrogen (secondary N) is 1. The van der Waals surface area contributed by atoms with E-state index in [1.807, 2.05) is 6.07 Å². The van der Waals surface area contributed by atoms with Crippen LogP contribution in [0.1, 0.15) is 27.2 Å². The zero-order valence-corrected chi connectivity index (χ0v) is 13.7. The minimum absolute atomic E-state index is 0.128. The molecule has 1 aromatic rings. The normalized spacial score (nSPS) is 12.3. The highest BCUT2D eigenvalue weighted by atomic mass is 79.9. The summed E-state index contributed by atoms with van der Waals surface area (Å²) in [7, 11) is 0. The van der Waals surface area contributed by atoms with Crippen molar-refractivity contribution in [3.8, 4) is 5.75 Å². The van der Waals surface area contributed by atoms with Crippen LogP contribution < -0.4 is 10.1 Å². The smallest absolute Gasteiger partial charge is 0.260 e. The monoisotopic (exact) mass is 347 g/mol. The van der Waals surface area contributed by atoms with Crippen molar-refractivity contribution in [3.63, 3.8) is 0 Å². The quantitative estimate of drug-likeness (QED) is 0.843. The van der Waals surface area contributed by atoms with E-state index >= 15 is 0 Å². The molecule has 19 heavy (non-hydrogen) atoms. The van der Waals surface area contributed by atoms with E-state index in [2.05, 4.69) is 35.1 Å². The molecule has 1 aromatic carbocycles. The molecule has 1 atom stereocenters. The number of halogens is 2. The minimum Gasteiger partial charge on any atom is -0.479 e. The van der Waals surface area contributed by atoms with Crippen molar-refractivity contribution in [3.05, 3.63) is 27.7 Å². The number of hydrogen-bond donors (Lipinski definition) is 1. The third kappa shape index (κ3) is 5.83. The highest BCUT2D eigenvalue weighted by Gasteiger charge is 2.15. The first kappa shape index (κ1) is 16.3. The van der Waals surface area contributed by atoms with Crippen molar-refractivity contribution in [2.24, 2.45) is 5.92 Å². The number of amides is 1. The molecular weight excluding hydrogens is 330 g/mol. The van der Waals surface area contributed by atoms with Crippen LogP contribution >= 0.6 is 27.5 Å². The van der Waals surface area contributed by atoms with Crippen molar-refractivity contribution in [2.75, 3.05) is 6.54 Å². The fourth-order valence-corrected chi connectivity index (χ4v) is 1.94. The largest absolute Gasteiger partial charge is 0.479 e. The first-order valence-corrected chi connectivity index (χ1v) is 7.46. The molecule has 0 radical (unpaired) electrons. The predicted molar refractivity (Wildman–Crippen MR) is 81.7 cm³/mol. The number of hydrogen-bond acceptors (Lipinski definition) is 2. The summed E-state index contributed by atoms with van der Waals surface area (Å²) >= 11 is 9.36. The van der Waals surface area contributed by atoms with Crippen molar-refractivity contribution >= 4 is 33.4 Å². The standard InChI is InChI=1S/C14H19BrClNO2/c1-9(2)6-7-17-14(18)10(3)19-13-8-11(15)4-5-12(13)16/h4-5,8-10H,6-7H2,1-3H3,(H,17,18). The lowest BCUT2D eigenvalue weighted by Gasteiger charge is -2.16. The molecule has 1 rings (SSSR count). The van der Waals surface area contributed by atoms with Crippen LogP contribution in [0.25, 0.3) is 0 Å². The van der Waals surface area contributed by atoms with Crippen molar-refractivity contribution in [1.29, 1.82) is 0 Å². The van der Waals surface area contributed by atoms with Crippen LogP contribution in [0.5, 0.6) is 5.75 Å². The van der Waals surface area contributed by atoms with Gasteiger partial charge in [0.1, 0.15) is 5.75 Å². The topological polar surface area (TPSA) is 38.3 Å². The molecule has 0 saturated heterocycles. The SMILES string of the molecule is CC(C)CCNC(=O)C(C)Oc1cc(Br)ccc1Cl. The molecule has 3 nitrogen and oxygen atoms in total. The molecule has 1 unspecified atom stereocenters. The summed E-state index contributed by atoms with van der Waals surface area (Å²) in [5.74, 6) is 0.940. The Labute approximate surface area is 127 Å². The molecule has 1 amide bonds. The van der Waals surface area contributed by atoms with Crippen LogP contribution in [0.2, 0.25) is 5.02 Å². The molecule has 0 heterocycles. The highest BCUT2D eigenvalue weighted by Crippen LogP contribution is 2.28. The Hall–Kier alpha value is -0.740. The summed E-state index contributed by atoms with van der Waals surface area (Å²) < 4.78 is 6.43. The van der Waals surface area contributed by atoms with Gasteiger partial charge in [0.15, 0.2) is 6.10 Å². The summed E-state index contributed by atoms with van der Waals surface area (Å²) in [6.07, 6.45) is 0.384. The highest BCUT2D eigenvalue weighted by molar-refractivity contribution is 9.10.